The van der Waals surface area contributed by atoms with Crippen molar-refractivity contribution >= 4 is 22.4 Å². The molecular weight excluding hydrogens is 484 g/mol. The van der Waals surface area contributed by atoms with Crippen LogP contribution in [0.5, 0.6) is 5.75 Å². The van der Waals surface area contributed by atoms with Crippen LogP contribution in [0.2, 0.25) is 0 Å². The predicted octanol–water partition coefficient (Wildman–Crippen LogP) is 4.88. The zero-order valence-electron chi connectivity index (χ0n) is 18.3. The van der Waals surface area contributed by atoms with Crippen molar-refractivity contribution in [2.45, 2.75) is 11.4 Å². The van der Waals surface area contributed by atoms with Crippen molar-refractivity contribution in [3.8, 4) is 28.1 Å². The first-order valence-corrected chi connectivity index (χ1v) is 11.4. The van der Waals surface area contributed by atoms with E-state index in [1.807, 2.05) is 0 Å². The minimum Gasteiger partial charge on any atom is -0.495 e. The summed E-state index contributed by atoms with van der Waals surface area (Å²) in [5, 5.41) is 2.95. The van der Waals surface area contributed by atoms with Crippen LogP contribution in [0.25, 0.3) is 22.4 Å². The summed E-state index contributed by atoms with van der Waals surface area (Å²) >= 11 is 0. The van der Waals surface area contributed by atoms with E-state index in [4.69, 9.17) is 4.74 Å². The Labute approximate surface area is 202 Å². The highest BCUT2D eigenvalue weighted by Gasteiger charge is 2.24. The van der Waals surface area contributed by atoms with Crippen molar-refractivity contribution in [2.75, 3.05) is 14.2 Å². The third kappa shape index (κ3) is 4.96. The van der Waals surface area contributed by atoms with E-state index >= 15 is 0 Å². The fourth-order valence-corrected chi connectivity index (χ4v) is 4.99. The van der Waals surface area contributed by atoms with E-state index in [9.17, 15) is 17.2 Å². The smallest absolute Gasteiger partial charge is 0.268 e. The lowest BCUT2D eigenvalue weighted by Crippen LogP contribution is -2.14. The molecule has 0 unspecified atom stereocenters. The second kappa shape index (κ2) is 10.3. The average molecular weight is 506 g/mol. The van der Waals surface area contributed by atoms with Gasteiger partial charge in [-0.25, -0.2) is 21.2 Å². The minimum atomic E-state index is -4.27. The van der Waals surface area contributed by atoms with E-state index in [2.05, 4.69) is 10.3 Å². The van der Waals surface area contributed by atoms with E-state index in [1.165, 1.54) is 56.0 Å². The van der Waals surface area contributed by atoms with Gasteiger partial charge in [-0.05, 0) is 60.6 Å². The van der Waals surface area contributed by atoms with E-state index in [0.29, 0.717) is 29.0 Å². The van der Waals surface area contributed by atoms with Crippen molar-refractivity contribution < 1.29 is 21.9 Å². The van der Waals surface area contributed by atoms with Gasteiger partial charge in [0.05, 0.1) is 23.9 Å². The number of aromatic nitrogens is 2. The number of hydrogen-bond donors (Lipinski definition) is 1. The van der Waals surface area contributed by atoms with Gasteiger partial charge in [-0.2, -0.15) is 0 Å². The Morgan fingerprint density at radius 3 is 2.50 bits per heavy atom. The third-order valence-electron chi connectivity index (χ3n) is 5.08. The number of pyridine rings is 1. The summed E-state index contributed by atoms with van der Waals surface area (Å²) in [4.78, 5) is 3.77. The molecular formula is C24H22ClF2N3O3S. The van der Waals surface area contributed by atoms with Gasteiger partial charge in [-0.15, -0.1) is 12.4 Å². The molecule has 0 fully saturated rings. The Morgan fingerprint density at radius 2 is 1.79 bits per heavy atom. The van der Waals surface area contributed by atoms with E-state index < -0.39 is 21.7 Å². The molecule has 0 saturated carbocycles. The summed E-state index contributed by atoms with van der Waals surface area (Å²) in [6.07, 6.45) is 4.38. The normalized spacial score (nSPS) is 11.2. The van der Waals surface area contributed by atoms with Gasteiger partial charge in [-0.1, -0.05) is 12.1 Å². The van der Waals surface area contributed by atoms with Crippen LogP contribution >= 0.6 is 12.4 Å². The monoisotopic (exact) mass is 505 g/mol. The van der Waals surface area contributed by atoms with Crippen molar-refractivity contribution in [3.05, 3.63) is 90.4 Å². The third-order valence-corrected chi connectivity index (χ3v) is 6.74. The maximum absolute atomic E-state index is 14.6. The maximum atomic E-state index is 14.6. The topological polar surface area (TPSA) is 73.2 Å². The predicted molar refractivity (Wildman–Crippen MR) is 129 cm³/mol. The number of ether oxygens (including phenoxy) is 1. The molecule has 1 N–H and O–H groups in total. The second-order valence-corrected chi connectivity index (χ2v) is 9.15. The summed E-state index contributed by atoms with van der Waals surface area (Å²) in [6.45, 7) is 0.369. The molecule has 0 bridgehead atoms. The van der Waals surface area contributed by atoms with Crippen LogP contribution in [0.3, 0.4) is 0 Å². The molecule has 178 valence electrons. The summed E-state index contributed by atoms with van der Waals surface area (Å²) < 4.78 is 62.5. The molecule has 0 radical (unpaired) electrons. The molecule has 34 heavy (non-hydrogen) atoms. The Bertz CT molecular complexity index is 1420. The zero-order chi connectivity index (χ0) is 23.6. The molecule has 2 aromatic carbocycles. The van der Waals surface area contributed by atoms with Gasteiger partial charge in [0.25, 0.3) is 10.0 Å². The number of nitrogens with zero attached hydrogens (tertiary/aromatic N) is 2. The van der Waals surface area contributed by atoms with Crippen LogP contribution in [-0.2, 0) is 16.6 Å². The second-order valence-electron chi connectivity index (χ2n) is 7.33. The van der Waals surface area contributed by atoms with E-state index in [1.54, 1.807) is 25.2 Å². The summed E-state index contributed by atoms with van der Waals surface area (Å²) in [6, 6.07) is 12.6. The molecule has 4 aromatic rings. The molecule has 10 heteroatoms. The highest BCUT2D eigenvalue weighted by atomic mass is 35.5. The molecule has 0 saturated heterocycles. The Kier molecular flexibility index (Phi) is 7.71. The van der Waals surface area contributed by atoms with Crippen LogP contribution in [0.15, 0.2) is 78.1 Å². The molecule has 6 nitrogen and oxygen atoms in total. The van der Waals surface area contributed by atoms with E-state index in [0.717, 1.165) is 10.0 Å². The fourth-order valence-electron chi connectivity index (χ4n) is 3.54. The quantitative estimate of drug-likeness (QED) is 0.387. The molecule has 2 aromatic heterocycles. The molecule has 0 aliphatic rings. The summed E-state index contributed by atoms with van der Waals surface area (Å²) in [5.41, 5.74) is 1.70. The Morgan fingerprint density at radius 1 is 1.03 bits per heavy atom. The summed E-state index contributed by atoms with van der Waals surface area (Å²) in [5.74, 6) is -0.848. The maximum Gasteiger partial charge on any atom is 0.268 e. The van der Waals surface area contributed by atoms with Crippen LogP contribution in [0, 0.1) is 11.6 Å². The van der Waals surface area contributed by atoms with Crippen molar-refractivity contribution in [1.29, 1.82) is 0 Å². The summed E-state index contributed by atoms with van der Waals surface area (Å²) in [7, 11) is -1.08. The standard InChI is InChI=1S/C24H21F2N3O3S.ClH/c1-27-12-16-7-24(22-5-3-4-6-23(22)26)29(15-16)33(30,31)21-10-17(8-19(25)11-21)18-9-20(32-2)14-28-13-18;/h3-11,13-15,27H,12H2,1-2H3;1H. The van der Waals surface area contributed by atoms with Crippen LogP contribution in [-0.4, -0.2) is 31.5 Å². The molecule has 0 aliphatic carbocycles. The molecule has 0 spiro atoms. The number of rotatable bonds is 7. The van der Waals surface area contributed by atoms with Gasteiger partial charge in [0.2, 0.25) is 0 Å². The van der Waals surface area contributed by atoms with E-state index in [-0.39, 0.29) is 28.6 Å². The highest BCUT2D eigenvalue weighted by Crippen LogP contribution is 2.31. The van der Waals surface area contributed by atoms with Crippen LogP contribution < -0.4 is 10.1 Å². The number of methoxy groups -OCH3 is 1. The van der Waals surface area contributed by atoms with Crippen molar-refractivity contribution in [2.24, 2.45) is 0 Å². The van der Waals surface area contributed by atoms with Crippen molar-refractivity contribution in [1.82, 2.24) is 14.3 Å². The molecule has 4 rings (SSSR count). The highest BCUT2D eigenvalue weighted by molar-refractivity contribution is 7.90. The van der Waals surface area contributed by atoms with Gasteiger partial charge in [0.15, 0.2) is 0 Å². The first kappa shape index (κ1) is 25.4. The fraction of sp³-hybridized carbons (Fsp3) is 0.125. The number of hydrogen-bond acceptors (Lipinski definition) is 5. The van der Waals surface area contributed by atoms with Crippen molar-refractivity contribution in [3.63, 3.8) is 0 Å². The Hall–Kier alpha value is -3.27. The number of nitrogens with one attached hydrogen (secondary N) is 1. The van der Waals surface area contributed by atoms with Gasteiger partial charge in [-0.3, -0.25) is 4.98 Å². The molecule has 0 atom stereocenters. The largest absolute Gasteiger partial charge is 0.495 e. The lowest BCUT2D eigenvalue weighted by atomic mass is 10.1. The van der Waals surface area contributed by atoms with Gasteiger partial charge in [0, 0.05) is 30.1 Å². The van der Waals surface area contributed by atoms with Gasteiger partial charge >= 0.3 is 0 Å². The SMILES string of the molecule is CNCc1cc(-c2ccccc2F)n(S(=O)(=O)c2cc(F)cc(-c3cncc(OC)c3)c2)c1.Cl. The first-order chi connectivity index (χ1) is 15.8. The first-order valence-electron chi connectivity index (χ1n) is 10.00. The average Bonchev–Trinajstić information content (AvgIpc) is 3.24. The number of benzene rings is 2. The lowest BCUT2D eigenvalue weighted by Gasteiger charge is -2.13. The van der Waals surface area contributed by atoms with Gasteiger partial charge < -0.3 is 10.1 Å². The van der Waals surface area contributed by atoms with Gasteiger partial charge in [0.1, 0.15) is 17.4 Å². The van der Waals surface area contributed by atoms with Crippen LogP contribution in [0.1, 0.15) is 5.56 Å². The Balaban J connectivity index is 0.00000324. The minimum absolute atomic E-state index is 0. The number of halogens is 3. The van der Waals surface area contributed by atoms with Crippen LogP contribution in [0.4, 0.5) is 8.78 Å². The molecule has 0 aliphatic heterocycles. The molecule has 2 heterocycles. The lowest BCUT2D eigenvalue weighted by molar-refractivity contribution is 0.413. The zero-order valence-corrected chi connectivity index (χ0v) is 20.0. The molecule has 0 amide bonds.